The van der Waals surface area contributed by atoms with Gasteiger partial charge in [0.2, 0.25) is 0 Å². The van der Waals surface area contributed by atoms with Crippen LogP contribution in [0.1, 0.15) is 22.8 Å². The Morgan fingerprint density at radius 1 is 1.08 bits per heavy atom. The quantitative estimate of drug-likeness (QED) is 0.631. The van der Waals surface area contributed by atoms with Crippen molar-refractivity contribution in [2.75, 3.05) is 6.54 Å². The lowest BCUT2D eigenvalue weighted by molar-refractivity contribution is -0.120. The molecule has 24 heavy (non-hydrogen) atoms. The Labute approximate surface area is 139 Å². The van der Waals surface area contributed by atoms with Crippen molar-refractivity contribution in [3.63, 3.8) is 0 Å². The Kier molecular flexibility index (Phi) is 6.19. The van der Waals surface area contributed by atoms with Crippen LogP contribution in [0.2, 0.25) is 0 Å². The van der Waals surface area contributed by atoms with E-state index in [0.29, 0.717) is 6.42 Å². The molecule has 0 heterocycles. The van der Waals surface area contributed by atoms with Gasteiger partial charge in [0.1, 0.15) is 5.82 Å². The molecular formula is C18H18FN3O2. The molecule has 0 aliphatic heterocycles. The molecule has 0 unspecified atom stereocenters. The Hall–Kier alpha value is -3.02. The smallest absolute Gasteiger partial charge is 0.259 e. The van der Waals surface area contributed by atoms with Gasteiger partial charge in [-0.25, -0.2) is 9.82 Å². The first-order valence-corrected chi connectivity index (χ1v) is 7.44. The average molecular weight is 327 g/mol. The summed E-state index contributed by atoms with van der Waals surface area (Å²) in [6, 6.07) is 15.0. The van der Waals surface area contributed by atoms with Crippen molar-refractivity contribution >= 4 is 17.5 Å². The van der Waals surface area contributed by atoms with Crippen LogP contribution in [0.15, 0.2) is 59.7 Å². The lowest BCUT2D eigenvalue weighted by Gasteiger charge is -2.05. The van der Waals surface area contributed by atoms with Gasteiger partial charge in [-0.05, 0) is 30.7 Å². The van der Waals surface area contributed by atoms with Crippen LogP contribution in [-0.2, 0) is 11.2 Å². The molecule has 0 saturated heterocycles. The Bertz CT molecular complexity index is 745. The van der Waals surface area contributed by atoms with Gasteiger partial charge in [0, 0.05) is 17.7 Å². The molecule has 2 N–H and O–H groups in total. The molecule has 0 aliphatic rings. The molecule has 5 nitrogen and oxygen atoms in total. The lowest BCUT2D eigenvalue weighted by atomic mass is 10.1. The molecule has 2 aromatic carbocycles. The molecule has 0 bridgehead atoms. The highest BCUT2D eigenvalue weighted by Crippen LogP contribution is 2.03. The third-order valence-electron chi connectivity index (χ3n) is 3.17. The summed E-state index contributed by atoms with van der Waals surface area (Å²) in [5, 5.41) is 6.40. The number of nitrogens with zero attached hydrogens (tertiary/aromatic N) is 1. The van der Waals surface area contributed by atoms with E-state index in [2.05, 4.69) is 15.8 Å². The maximum absolute atomic E-state index is 13.0. The molecule has 0 fully saturated rings. The van der Waals surface area contributed by atoms with Crippen LogP contribution in [0.4, 0.5) is 4.39 Å². The van der Waals surface area contributed by atoms with E-state index in [1.165, 1.54) is 18.2 Å². The van der Waals surface area contributed by atoms with Crippen LogP contribution < -0.4 is 10.7 Å². The Balaban J connectivity index is 1.78. The van der Waals surface area contributed by atoms with Crippen LogP contribution in [-0.4, -0.2) is 24.1 Å². The molecule has 124 valence electrons. The van der Waals surface area contributed by atoms with Gasteiger partial charge in [-0.15, -0.1) is 0 Å². The number of carbonyl (C=O) groups is 2. The van der Waals surface area contributed by atoms with E-state index in [-0.39, 0.29) is 12.1 Å². The summed E-state index contributed by atoms with van der Waals surface area (Å²) >= 11 is 0. The fourth-order valence-corrected chi connectivity index (χ4v) is 2.02. The lowest BCUT2D eigenvalue weighted by Crippen LogP contribution is -2.35. The molecule has 2 amide bonds. The number of rotatable bonds is 6. The third kappa shape index (κ3) is 5.64. The topological polar surface area (TPSA) is 70.6 Å². The fraction of sp³-hybridized carbons (Fsp3) is 0.167. The predicted octanol–water partition coefficient (Wildman–Crippen LogP) is 2.29. The van der Waals surface area contributed by atoms with Gasteiger partial charge >= 0.3 is 0 Å². The van der Waals surface area contributed by atoms with Crippen LogP contribution in [0.3, 0.4) is 0 Å². The Morgan fingerprint density at radius 3 is 2.54 bits per heavy atom. The van der Waals surface area contributed by atoms with Crippen molar-refractivity contribution in [1.82, 2.24) is 10.7 Å². The zero-order valence-electron chi connectivity index (χ0n) is 13.3. The first-order valence-electron chi connectivity index (χ1n) is 7.44. The van der Waals surface area contributed by atoms with Gasteiger partial charge in [-0.2, -0.15) is 5.10 Å². The fourth-order valence-electron chi connectivity index (χ4n) is 2.02. The minimum Gasteiger partial charge on any atom is -0.343 e. The van der Waals surface area contributed by atoms with E-state index in [1.807, 2.05) is 30.3 Å². The molecule has 0 aliphatic carbocycles. The summed E-state index contributed by atoms with van der Waals surface area (Å²) in [5.74, 6) is -1.48. The summed E-state index contributed by atoms with van der Waals surface area (Å²) in [7, 11) is 0. The second-order valence-corrected chi connectivity index (χ2v) is 5.24. The number of carbonyl (C=O) groups excluding carboxylic acids is 2. The first kappa shape index (κ1) is 17.3. The molecule has 0 atom stereocenters. The SMILES string of the molecule is C/C(Cc1ccccc1)=N/NC(=O)CNC(=O)c1cccc(F)c1. The minimum atomic E-state index is -0.519. The molecule has 2 rings (SSSR count). The highest BCUT2D eigenvalue weighted by molar-refractivity contribution is 5.96. The summed E-state index contributed by atoms with van der Waals surface area (Å²) in [6.45, 7) is 1.57. The van der Waals surface area contributed by atoms with Crippen molar-refractivity contribution in [2.45, 2.75) is 13.3 Å². The van der Waals surface area contributed by atoms with Crippen molar-refractivity contribution in [3.05, 3.63) is 71.5 Å². The van der Waals surface area contributed by atoms with E-state index < -0.39 is 17.6 Å². The maximum atomic E-state index is 13.0. The zero-order valence-corrected chi connectivity index (χ0v) is 13.3. The standard InChI is InChI=1S/C18H18FN3O2/c1-13(10-14-6-3-2-4-7-14)21-22-17(23)12-20-18(24)15-8-5-9-16(19)11-15/h2-9,11H,10,12H2,1H3,(H,20,24)(H,22,23)/b21-13-. The number of hydrogen-bond donors (Lipinski definition) is 2. The maximum Gasteiger partial charge on any atom is 0.259 e. The zero-order chi connectivity index (χ0) is 17.4. The number of benzene rings is 2. The average Bonchev–Trinajstić information content (AvgIpc) is 2.58. The Morgan fingerprint density at radius 2 is 1.83 bits per heavy atom. The summed E-state index contributed by atoms with van der Waals surface area (Å²) in [6.07, 6.45) is 0.622. The monoisotopic (exact) mass is 327 g/mol. The number of amides is 2. The molecule has 0 spiro atoms. The van der Waals surface area contributed by atoms with Gasteiger partial charge in [-0.3, -0.25) is 9.59 Å². The van der Waals surface area contributed by atoms with E-state index in [4.69, 9.17) is 0 Å². The van der Waals surface area contributed by atoms with Gasteiger partial charge in [0.25, 0.3) is 11.8 Å². The van der Waals surface area contributed by atoms with Crippen LogP contribution in [0, 0.1) is 5.82 Å². The molecule has 0 radical (unpaired) electrons. The predicted molar refractivity (Wildman–Crippen MR) is 90.1 cm³/mol. The first-order chi connectivity index (χ1) is 11.5. The van der Waals surface area contributed by atoms with Crippen LogP contribution in [0.5, 0.6) is 0 Å². The molecule has 0 saturated carbocycles. The summed E-state index contributed by atoms with van der Waals surface area (Å²) < 4.78 is 13.0. The van der Waals surface area contributed by atoms with Gasteiger partial charge in [0.05, 0.1) is 6.54 Å². The van der Waals surface area contributed by atoms with Gasteiger partial charge in [-0.1, -0.05) is 36.4 Å². The van der Waals surface area contributed by atoms with E-state index in [0.717, 1.165) is 17.3 Å². The minimum absolute atomic E-state index is 0.159. The molecule has 2 aromatic rings. The van der Waals surface area contributed by atoms with Crippen LogP contribution in [0.25, 0.3) is 0 Å². The molecule has 6 heteroatoms. The molecular weight excluding hydrogens is 309 g/mol. The van der Waals surface area contributed by atoms with E-state index >= 15 is 0 Å². The molecule has 0 aromatic heterocycles. The van der Waals surface area contributed by atoms with Gasteiger partial charge in [0.15, 0.2) is 0 Å². The van der Waals surface area contributed by atoms with Crippen molar-refractivity contribution in [2.24, 2.45) is 5.10 Å². The van der Waals surface area contributed by atoms with Crippen molar-refractivity contribution < 1.29 is 14.0 Å². The van der Waals surface area contributed by atoms with Crippen LogP contribution >= 0.6 is 0 Å². The summed E-state index contributed by atoms with van der Waals surface area (Å²) in [4.78, 5) is 23.5. The second kappa shape index (κ2) is 8.57. The number of halogens is 1. The highest BCUT2D eigenvalue weighted by atomic mass is 19.1. The van der Waals surface area contributed by atoms with E-state index in [1.54, 1.807) is 6.92 Å². The largest absolute Gasteiger partial charge is 0.343 e. The normalized spacial score (nSPS) is 11.0. The highest BCUT2D eigenvalue weighted by Gasteiger charge is 2.08. The number of nitrogens with one attached hydrogen (secondary N) is 2. The number of hydrogen-bond acceptors (Lipinski definition) is 3. The van der Waals surface area contributed by atoms with Gasteiger partial charge < -0.3 is 5.32 Å². The third-order valence-corrected chi connectivity index (χ3v) is 3.17. The number of hydrazone groups is 1. The second-order valence-electron chi connectivity index (χ2n) is 5.24. The van der Waals surface area contributed by atoms with E-state index in [9.17, 15) is 14.0 Å². The summed E-state index contributed by atoms with van der Waals surface area (Å²) in [5.41, 5.74) is 4.37. The van der Waals surface area contributed by atoms with Crippen molar-refractivity contribution in [1.29, 1.82) is 0 Å². The van der Waals surface area contributed by atoms with Crippen molar-refractivity contribution in [3.8, 4) is 0 Å².